The minimum atomic E-state index is -0.848. The van der Waals surface area contributed by atoms with Crippen molar-refractivity contribution in [2.45, 2.75) is 51.4 Å². The lowest BCUT2D eigenvalue weighted by Crippen LogP contribution is -2.33. The first-order chi connectivity index (χ1) is 20.9. The number of ether oxygens (including phenoxy) is 5. The lowest BCUT2D eigenvalue weighted by molar-refractivity contribution is -0.140. The molecule has 10 nitrogen and oxygen atoms in total. The van der Waals surface area contributed by atoms with Gasteiger partial charge in [-0.1, -0.05) is 25.0 Å². The van der Waals surface area contributed by atoms with Crippen LogP contribution in [0.1, 0.15) is 49.7 Å². The van der Waals surface area contributed by atoms with Crippen LogP contribution in [0.5, 0.6) is 23.0 Å². The summed E-state index contributed by atoms with van der Waals surface area (Å²) >= 11 is 0. The summed E-state index contributed by atoms with van der Waals surface area (Å²) in [6, 6.07) is 10.8. The van der Waals surface area contributed by atoms with E-state index in [1.165, 1.54) is 45.6 Å². The highest BCUT2D eigenvalue weighted by atomic mass is 35.5. The summed E-state index contributed by atoms with van der Waals surface area (Å²) in [4.78, 5) is 27.0. The first-order valence-electron chi connectivity index (χ1n) is 15.2. The van der Waals surface area contributed by atoms with E-state index in [1.54, 1.807) is 32.4 Å². The first-order valence-corrected chi connectivity index (χ1v) is 15.2. The number of piperidine rings is 2. The lowest BCUT2D eigenvalue weighted by atomic mass is 10.1. The van der Waals surface area contributed by atoms with Gasteiger partial charge < -0.3 is 28.8 Å². The molecule has 2 saturated heterocycles. The molecule has 0 aromatic heterocycles. The van der Waals surface area contributed by atoms with Crippen molar-refractivity contribution in [2.75, 3.05) is 73.8 Å². The summed E-state index contributed by atoms with van der Waals surface area (Å²) in [5, 5.41) is 8.85. The highest BCUT2D eigenvalue weighted by Gasteiger charge is 2.14. The summed E-state index contributed by atoms with van der Waals surface area (Å²) in [6.45, 7) is 7.62. The Balaban J connectivity index is 0.000000300. The van der Waals surface area contributed by atoms with E-state index in [0.29, 0.717) is 36.2 Å². The average Bonchev–Trinajstić information content (AvgIpc) is 3.02. The molecule has 0 radical (unpaired) electrons. The smallest absolute Gasteiger partial charge is 0.309 e. The fraction of sp³-hybridized carbons (Fsp3) is 0.576. The Morgan fingerprint density at radius 1 is 0.659 bits per heavy atom. The van der Waals surface area contributed by atoms with E-state index in [-0.39, 0.29) is 31.2 Å². The molecule has 0 unspecified atom stereocenters. The first kappa shape index (κ1) is 37.0. The summed E-state index contributed by atoms with van der Waals surface area (Å²) in [7, 11) is 4.60. The van der Waals surface area contributed by atoms with Gasteiger partial charge in [0.05, 0.1) is 34.2 Å². The highest BCUT2D eigenvalue weighted by Crippen LogP contribution is 2.29. The summed E-state index contributed by atoms with van der Waals surface area (Å²) in [5.74, 6) is 1.52. The Hall–Kier alpha value is -3.21. The fourth-order valence-electron chi connectivity index (χ4n) is 5.24. The van der Waals surface area contributed by atoms with Crippen LogP contribution < -0.4 is 18.9 Å². The molecule has 2 aliphatic rings. The molecule has 44 heavy (non-hydrogen) atoms. The van der Waals surface area contributed by atoms with E-state index in [2.05, 4.69) is 9.80 Å². The molecule has 4 rings (SSSR count). The molecule has 2 fully saturated rings. The molecule has 2 aromatic rings. The molecule has 0 amide bonds. The standard InChI is InChI=1S/C17H25NO4.C16H23NO4.ClH/c1-20-15-7-6-14(13-17(19)21-2)12-16(15)22-11-10-18-8-4-3-5-9-18;1-20-14-6-5-13(12-16(18)19)11-15(14)21-10-9-17-7-3-2-4-8-17;/h6-7,12H,3-5,8-11,13H2,1-2H3;5-6,11H,2-4,7-10,12H2,1H3,(H,18,19);1H. The number of halogens is 1. The summed E-state index contributed by atoms with van der Waals surface area (Å²) < 4.78 is 26.9. The maximum Gasteiger partial charge on any atom is 0.309 e. The number of carbonyl (C=O) groups is 2. The van der Waals surface area contributed by atoms with Gasteiger partial charge in [0.25, 0.3) is 0 Å². The second-order valence-electron chi connectivity index (χ2n) is 10.8. The van der Waals surface area contributed by atoms with Crippen LogP contribution in [0.4, 0.5) is 0 Å². The number of hydrogen-bond acceptors (Lipinski definition) is 9. The van der Waals surface area contributed by atoms with E-state index < -0.39 is 5.97 Å². The summed E-state index contributed by atoms with van der Waals surface area (Å²) in [5.41, 5.74) is 1.58. The highest BCUT2D eigenvalue weighted by molar-refractivity contribution is 5.85. The zero-order valence-corrected chi connectivity index (χ0v) is 27.2. The van der Waals surface area contributed by atoms with Crippen molar-refractivity contribution in [3.05, 3.63) is 47.5 Å². The molecule has 246 valence electrons. The van der Waals surface area contributed by atoms with Crippen LogP contribution in [0.25, 0.3) is 0 Å². The van der Waals surface area contributed by atoms with Crippen LogP contribution in [0.2, 0.25) is 0 Å². The molecule has 0 bridgehead atoms. The number of rotatable bonds is 14. The molecule has 2 aromatic carbocycles. The number of methoxy groups -OCH3 is 3. The van der Waals surface area contributed by atoms with Crippen LogP contribution in [0, 0.1) is 0 Å². The fourth-order valence-corrected chi connectivity index (χ4v) is 5.24. The second kappa shape index (κ2) is 20.7. The Morgan fingerprint density at radius 2 is 1.09 bits per heavy atom. The molecule has 2 heterocycles. The molecular formula is C33H49ClN2O8. The molecule has 0 aliphatic carbocycles. The Labute approximate surface area is 268 Å². The van der Waals surface area contributed by atoms with Crippen LogP contribution in [-0.4, -0.2) is 101 Å². The molecule has 0 spiro atoms. The summed E-state index contributed by atoms with van der Waals surface area (Å²) in [6.07, 6.45) is 7.96. The Kier molecular flexibility index (Phi) is 17.4. The zero-order valence-electron chi connectivity index (χ0n) is 26.4. The van der Waals surface area contributed by atoms with Gasteiger partial charge in [-0.25, -0.2) is 0 Å². The number of aliphatic carboxylic acids is 1. The minimum Gasteiger partial charge on any atom is -0.493 e. The maximum absolute atomic E-state index is 11.4. The molecule has 1 N–H and O–H groups in total. The number of likely N-dealkylation sites (tertiary alicyclic amines) is 2. The van der Waals surface area contributed by atoms with Gasteiger partial charge in [0.2, 0.25) is 0 Å². The van der Waals surface area contributed by atoms with E-state index in [0.717, 1.165) is 50.4 Å². The monoisotopic (exact) mass is 636 g/mol. The molecule has 0 saturated carbocycles. The van der Waals surface area contributed by atoms with Gasteiger partial charge >= 0.3 is 11.9 Å². The van der Waals surface area contributed by atoms with Crippen molar-refractivity contribution in [1.82, 2.24) is 9.80 Å². The normalized spacial score (nSPS) is 15.2. The molecule has 2 aliphatic heterocycles. The van der Waals surface area contributed by atoms with E-state index in [9.17, 15) is 9.59 Å². The largest absolute Gasteiger partial charge is 0.493 e. The SMILES string of the molecule is COC(=O)Cc1ccc(OC)c(OCCN2CCCCC2)c1.COc1ccc(CC(=O)O)cc1OCCN1CCCCC1.Cl. The number of carbonyl (C=O) groups excluding carboxylic acids is 1. The third-order valence-corrected chi connectivity index (χ3v) is 7.62. The van der Waals surface area contributed by atoms with Gasteiger partial charge in [0, 0.05) is 13.1 Å². The number of carboxylic acid groups (broad SMARTS) is 1. The van der Waals surface area contributed by atoms with Crippen molar-refractivity contribution >= 4 is 24.3 Å². The lowest BCUT2D eigenvalue weighted by Gasteiger charge is -2.26. The number of nitrogens with zero attached hydrogens (tertiary/aromatic N) is 2. The number of hydrogen-bond donors (Lipinski definition) is 1. The van der Waals surface area contributed by atoms with Gasteiger partial charge in [-0.05, 0) is 87.3 Å². The molecule has 11 heteroatoms. The topological polar surface area (TPSA) is 107 Å². The predicted octanol–water partition coefficient (Wildman–Crippen LogP) is 4.88. The zero-order chi connectivity index (χ0) is 30.9. The Bertz CT molecular complexity index is 1140. The van der Waals surface area contributed by atoms with Crippen molar-refractivity contribution in [1.29, 1.82) is 0 Å². The van der Waals surface area contributed by atoms with Crippen molar-refractivity contribution in [3.8, 4) is 23.0 Å². The number of benzene rings is 2. The van der Waals surface area contributed by atoms with Gasteiger partial charge in [0.1, 0.15) is 13.2 Å². The van der Waals surface area contributed by atoms with Crippen molar-refractivity contribution in [2.24, 2.45) is 0 Å². The quantitative estimate of drug-likeness (QED) is 0.288. The van der Waals surface area contributed by atoms with Gasteiger partial charge in [-0.2, -0.15) is 0 Å². The molecule has 0 atom stereocenters. The minimum absolute atomic E-state index is 0. The van der Waals surface area contributed by atoms with Crippen molar-refractivity contribution in [3.63, 3.8) is 0 Å². The van der Waals surface area contributed by atoms with Crippen LogP contribution in [0.15, 0.2) is 36.4 Å². The van der Waals surface area contributed by atoms with Crippen LogP contribution in [-0.2, 0) is 27.2 Å². The third-order valence-electron chi connectivity index (χ3n) is 7.62. The molecular weight excluding hydrogens is 588 g/mol. The van der Waals surface area contributed by atoms with E-state index in [4.69, 9.17) is 28.8 Å². The van der Waals surface area contributed by atoms with Crippen LogP contribution in [0.3, 0.4) is 0 Å². The van der Waals surface area contributed by atoms with Crippen molar-refractivity contribution < 1.29 is 38.4 Å². The average molecular weight is 637 g/mol. The van der Waals surface area contributed by atoms with Gasteiger partial charge in [0.15, 0.2) is 23.0 Å². The number of esters is 1. The maximum atomic E-state index is 11.4. The van der Waals surface area contributed by atoms with E-state index in [1.807, 2.05) is 18.2 Å². The van der Waals surface area contributed by atoms with Crippen LogP contribution >= 0.6 is 12.4 Å². The van der Waals surface area contributed by atoms with Gasteiger partial charge in [-0.15, -0.1) is 12.4 Å². The van der Waals surface area contributed by atoms with Gasteiger partial charge in [-0.3, -0.25) is 19.4 Å². The third kappa shape index (κ3) is 13.2. The Morgan fingerprint density at radius 3 is 1.48 bits per heavy atom. The predicted molar refractivity (Wildman–Crippen MR) is 172 cm³/mol. The second-order valence-corrected chi connectivity index (χ2v) is 10.8. The number of carboxylic acids is 1. The van der Waals surface area contributed by atoms with E-state index >= 15 is 0 Å².